The fourth-order valence-corrected chi connectivity index (χ4v) is 2.84. The summed E-state index contributed by atoms with van der Waals surface area (Å²) in [6.45, 7) is 8.39. The maximum absolute atomic E-state index is 11.9. The molecule has 0 bridgehead atoms. The van der Waals surface area contributed by atoms with Gasteiger partial charge in [0.15, 0.2) is 0 Å². The van der Waals surface area contributed by atoms with Gasteiger partial charge in [0.25, 0.3) is 0 Å². The summed E-state index contributed by atoms with van der Waals surface area (Å²) >= 11 is 3.55. The van der Waals surface area contributed by atoms with Gasteiger partial charge in [-0.15, -0.1) is 0 Å². The van der Waals surface area contributed by atoms with Crippen molar-refractivity contribution < 1.29 is 9.53 Å². The average Bonchev–Trinajstić information content (AvgIpc) is 2.32. The van der Waals surface area contributed by atoms with E-state index in [2.05, 4.69) is 41.2 Å². The molecule has 19 heavy (non-hydrogen) atoms. The van der Waals surface area contributed by atoms with E-state index in [0.29, 0.717) is 6.61 Å². The molecule has 1 rings (SSSR count). The van der Waals surface area contributed by atoms with Crippen LogP contribution >= 0.6 is 15.9 Å². The molecule has 1 N–H and O–H groups in total. The third-order valence-corrected chi connectivity index (χ3v) is 3.52. The maximum atomic E-state index is 11.9. The largest absolute Gasteiger partial charge is 0.464 e. The van der Waals surface area contributed by atoms with Crippen LogP contribution in [0.5, 0.6) is 0 Å². The average molecular weight is 328 g/mol. The maximum Gasteiger partial charge on any atom is 0.328 e. The molecule has 106 valence electrons. The second-order valence-electron chi connectivity index (χ2n) is 4.68. The van der Waals surface area contributed by atoms with Gasteiger partial charge in [-0.1, -0.05) is 19.4 Å². The lowest BCUT2D eigenvalue weighted by atomic mass is 10.1. The van der Waals surface area contributed by atoms with E-state index in [1.165, 1.54) is 5.56 Å². The zero-order valence-electron chi connectivity index (χ0n) is 12.0. The highest BCUT2D eigenvalue weighted by atomic mass is 79.9. The number of rotatable bonds is 6. The summed E-state index contributed by atoms with van der Waals surface area (Å²) in [5.74, 6) is -0.184. The van der Waals surface area contributed by atoms with Crippen molar-refractivity contribution in [3.05, 3.63) is 27.7 Å². The van der Waals surface area contributed by atoms with Crippen molar-refractivity contribution in [2.24, 2.45) is 0 Å². The van der Waals surface area contributed by atoms with E-state index < -0.39 is 0 Å². The molecule has 0 aromatic heterocycles. The van der Waals surface area contributed by atoms with Gasteiger partial charge in [-0.3, -0.25) is 0 Å². The summed E-state index contributed by atoms with van der Waals surface area (Å²) in [6.07, 6.45) is 1.69. The number of anilines is 1. The number of hydrogen-bond donors (Lipinski definition) is 1. The van der Waals surface area contributed by atoms with E-state index >= 15 is 0 Å². The standard InChI is InChI=1S/C15H22BrNO2/c1-5-7-13(15(18)19-6-2)17-14-11(4)8-10(3)9-12(14)16/h8-9,13,17H,5-7H2,1-4H3. The number of esters is 1. The molecule has 0 aliphatic rings. The summed E-state index contributed by atoms with van der Waals surface area (Å²) in [5.41, 5.74) is 3.28. The monoisotopic (exact) mass is 327 g/mol. The first-order valence-electron chi connectivity index (χ1n) is 6.69. The first-order chi connectivity index (χ1) is 8.99. The lowest BCUT2D eigenvalue weighted by molar-refractivity contribution is -0.144. The number of carbonyl (C=O) groups excluding carboxylic acids is 1. The zero-order valence-corrected chi connectivity index (χ0v) is 13.6. The first-order valence-corrected chi connectivity index (χ1v) is 7.48. The molecule has 0 saturated carbocycles. The summed E-state index contributed by atoms with van der Waals surface area (Å²) in [5, 5.41) is 3.31. The molecule has 0 radical (unpaired) electrons. The minimum absolute atomic E-state index is 0.184. The van der Waals surface area contributed by atoms with Gasteiger partial charge in [0.2, 0.25) is 0 Å². The molecule has 0 saturated heterocycles. The van der Waals surface area contributed by atoms with E-state index in [1.807, 2.05) is 19.9 Å². The van der Waals surface area contributed by atoms with Crippen molar-refractivity contribution in [1.82, 2.24) is 0 Å². The highest BCUT2D eigenvalue weighted by Crippen LogP contribution is 2.29. The number of carbonyl (C=O) groups is 1. The summed E-state index contributed by atoms with van der Waals surface area (Å²) in [6, 6.07) is 3.85. The van der Waals surface area contributed by atoms with E-state index in [9.17, 15) is 4.79 Å². The number of aryl methyl sites for hydroxylation is 2. The van der Waals surface area contributed by atoms with Crippen molar-refractivity contribution >= 4 is 27.6 Å². The molecule has 0 heterocycles. The predicted octanol–water partition coefficient (Wildman–Crippen LogP) is 4.21. The number of hydrogen-bond acceptors (Lipinski definition) is 3. The first kappa shape index (κ1) is 16.0. The fraction of sp³-hybridized carbons (Fsp3) is 0.533. The van der Waals surface area contributed by atoms with E-state index in [-0.39, 0.29) is 12.0 Å². The summed E-state index contributed by atoms with van der Waals surface area (Å²) in [4.78, 5) is 11.9. The van der Waals surface area contributed by atoms with Gasteiger partial charge in [-0.2, -0.15) is 0 Å². The van der Waals surface area contributed by atoms with E-state index in [4.69, 9.17) is 4.74 Å². The quantitative estimate of drug-likeness (QED) is 0.795. The zero-order chi connectivity index (χ0) is 14.4. The molecule has 4 heteroatoms. The summed E-state index contributed by atoms with van der Waals surface area (Å²) in [7, 11) is 0. The van der Waals surface area contributed by atoms with Crippen LogP contribution in [0.3, 0.4) is 0 Å². The molecule has 0 aliphatic heterocycles. The van der Waals surface area contributed by atoms with Crippen molar-refractivity contribution in [3.8, 4) is 0 Å². The highest BCUT2D eigenvalue weighted by Gasteiger charge is 2.20. The minimum atomic E-state index is -0.289. The van der Waals surface area contributed by atoms with Crippen LogP contribution in [-0.2, 0) is 9.53 Å². The van der Waals surface area contributed by atoms with Crippen LogP contribution in [0.15, 0.2) is 16.6 Å². The Hall–Kier alpha value is -1.03. The van der Waals surface area contributed by atoms with Gasteiger partial charge >= 0.3 is 5.97 Å². The van der Waals surface area contributed by atoms with Gasteiger partial charge in [0.05, 0.1) is 12.3 Å². The van der Waals surface area contributed by atoms with Crippen molar-refractivity contribution in [2.45, 2.75) is 46.6 Å². The Morgan fingerprint density at radius 3 is 2.58 bits per heavy atom. The predicted molar refractivity (Wildman–Crippen MR) is 82.6 cm³/mol. The molecule has 1 unspecified atom stereocenters. The molecule has 0 amide bonds. The lowest BCUT2D eigenvalue weighted by Crippen LogP contribution is -2.31. The molecule has 3 nitrogen and oxygen atoms in total. The highest BCUT2D eigenvalue weighted by molar-refractivity contribution is 9.10. The number of halogens is 1. The van der Waals surface area contributed by atoms with Gasteiger partial charge in [-0.25, -0.2) is 4.79 Å². The minimum Gasteiger partial charge on any atom is -0.464 e. The molecule has 1 aromatic rings. The Kier molecular flexibility index (Phi) is 6.35. The number of ether oxygens (including phenoxy) is 1. The van der Waals surface area contributed by atoms with E-state index in [1.54, 1.807) is 0 Å². The van der Waals surface area contributed by atoms with E-state index in [0.717, 1.165) is 28.6 Å². The Bertz CT molecular complexity index is 423. The van der Waals surface area contributed by atoms with Crippen LogP contribution in [0, 0.1) is 13.8 Å². The normalized spacial score (nSPS) is 12.1. The second kappa shape index (κ2) is 7.53. The van der Waals surface area contributed by atoms with Crippen LogP contribution in [0.2, 0.25) is 0 Å². The number of nitrogens with one attached hydrogen (secondary N) is 1. The Labute approximate surface area is 123 Å². The Morgan fingerprint density at radius 2 is 2.05 bits per heavy atom. The fourth-order valence-electron chi connectivity index (χ4n) is 2.05. The third kappa shape index (κ3) is 4.53. The lowest BCUT2D eigenvalue weighted by Gasteiger charge is -2.20. The molecule has 0 spiro atoms. The molecular formula is C15H22BrNO2. The van der Waals surface area contributed by atoms with Gasteiger partial charge in [0, 0.05) is 4.47 Å². The van der Waals surface area contributed by atoms with Crippen LogP contribution in [0.25, 0.3) is 0 Å². The smallest absolute Gasteiger partial charge is 0.328 e. The van der Waals surface area contributed by atoms with Crippen LogP contribution < -0.4 is 5.32 Å². The molecule has 0 fully saturated rings. The molecule has 1 aromatic carbocycles. The Balaban J connectivity index is 2.93. The summed E-state index contributed by atoms with van der Waals surface area (Å²) < 4.78 is 6.10. The van der Waals surface area contributed by atoms with Crippen molar-refractivity contribution in [3.63, 3.8) is 0 Å². The topological polar surface area (TPSA) is 38.3 Å². The van der Waals surface area contributed by atoms with Crippen LogP contribution in [0.1, 0.15) is 37.8 Å². The van der Waals surface area contributed by atoms with Crippen LogP contribution in [-0.4, -0.2) is 18.6 Å². The number of benzene rings is 1. The van der Waals surface area contributed by atoms with Crippen LogP contribution in [0.4, 0.5) is 5.69 Å². The van der Waals surface area contributed by atoms with Gasteiger partial charge in [0.1, 0.15) is 6.04 Å². The van der Waals surface area contributed by atoms with Gasteiger partial charge < -0.3 is 10.1 Å². The molecular weight excluding hydrogens is 306 g/mol. The second-order valence-corrected chi connectivity index (χ2v) is 5.53. The van der Waals surface area contributed by atoms with Crippen molar-refractivity contribution in [2.75, 3.05) is 11.9 Å². The SMILES string of the molecule is CCCC(Nc1c(C)cc(C)cc1Br)C(=O)OCC. The Morgan fingerprint density at radius 1 is 1.37 bits per heavy atom. The van der Waals surface area contributed by atoms with Crippen molar-refractivity contribution in [1.29, 1.82) is 0 Å². The molecule has 1 atom stereocenters. The third-order valence-electron chi connectivity index (χ3n) is 2.90. The molecule has 0 aliphatic carbocycles. The van der Waals surface area contributed by atoms with Gasteiger partial charge in [-0.05, 0) is 60.3 Å².